The van der Waals surface area contributed by atoms with Gasteiger partial charge in [-0.15, -0.1) is 0 Å². The van der Waals surface area contributed by atoms with E-state index in [2.05, 4.69) is 10.0 Å². The summed E-state index contributed by atoms with van der Waals surface area (Å²) in [5.74, 6) is 0. The van der Waals surface area contributed by atoms with Crippen molar-refractivity contribution in [1.29, 1.82) is 0 Å². The number of hydrogen-bond acceptors (Lipinski definition) is 8. The molecule has 0 spiro atoms. The molecule has 21 nitrogen and oxygen atoms in total. The highest BCUT2D eigenvalue weighted by atomic mass is 31.2. The van der Waals surface area contributed by atoms with Gasteiger partial charge in [0.05, 0.1) is 18.8 Å². The molecule has 1 saturated heterocycles. The highest BCUT2D eigenvalue weighted by Gasteiger charge is 2.36. The zero-order chi connectivity index (χ0) is 29.1. The number of azide groups is 1. The summed E-state index contributed by atoms with van der Waals surface area (Å²) in [7, 11) is -13.9. The van der Waals surface area contributed by atoms with Crippen LogP contribution in [0.25, 0.3) is 10.4 Å². The van der Waals surface area contributed by atoms with Crippen molar-refractivity contribution in [2.75, 3.05) is 6.61 Å². The molecule has 0 amide bonds. The van der Waals surface area contributed by atoms with Crippen LogP contribution in [0.15, 0.2) is 20.9 Å². The number of hydrogen-bond donors (Lipinski definition) is 10. The normalized spacial score (nSPS) is 19.4. The van der Waals surface area contributed by atoms with Gasteiger partial charge in [-0.3, -0.25) is 13.9 Å². The molecule has 0 aromatic carbocycles. The molecule has 1 unspecified atom stereocenters. The number of ether oxygens (including phenoxy) is 1. The van der Waals surface area contributed by atoms with Crippen LogP contribution in [0.2, 0.25) is 0 Å². The quantitative estimate of drug-likeness (QED) is 0.0751. The zero-order valence-corrected chi connectivity index (χ0v) is 21.1. The molecule has 1 aromatic rings. The van der Waals surface area contributed by atoms with E-state index in [1.807, 2.05) is 0 Å². The Bertz CT molecular complexity index is 1070. The van der Waals surface area contributed by atoms with Gasteiger partial charge in [-0.1, -0.05) is 5.11 Å². The number of aliphatic hydroxyl groups is 1. The Kier molecular flexibility index (Phi) is 15.7. The van der Waals surface area contributed by atoms with Crippen molar-refractivity contribution in [3.63, 3.8) is 0 Å². The maximum Gasteiger partial charge on any atom is 0.466 e. The summed E-state index contributed by atoms with van der Waals surface area (Å²) in [6, 6.07) is -0.542. The minimum atomic E-state index is -4.64. The molecule has 2 heterocycles. The van der Waals surface area contributed by atoms with Crippen molar-refractivity contribution < 1.29 is 67.6 Å². The lowest BCUT2D eigenvalue weighted by Gasteiger charge is -2.17. The van der Waals surface area contributed by atoms with Crippen LogP contribution in [0.5, 0.6) is 0 Å². The van der Waals surface area contributed by atoms with Crippen LogP contribution < -0.4 is 11.2 Å². The highest BCUT2D eigenvalue weighted by molar-refractivity contribution is 7.45. The molecule has 10 N–H and O–H groups in total. The van der Waals surface area contributed by atoms with Crippen molar-refractivity contribution in [1.82, 2.24) is 9.13 Å². The van der Waals surface area contributed by atoms with E-state index in [0.29, 0.717) is 5.56 Å². The molecule has 24 heteroatoms. The van der Waals surface area contributed by atoms with E-state index in [1.54, 1.807) is 13.8 Å². The molecule has 0 saturated carbocycles. The molecule has 1 aliphatic rings. The fraction of sp³-hybridized carbons (Fsp3) is 0.667. The highest BCUT2D eigenvalue weighted by Crippen LogP contribution is 2.30. The smallest absolute Gasteiger partial charge is 0.394 e. The first-order chi connectivity index (χ1) is 16.0. The van der Waals surface area contributed by atoms with Gasteiger partial charge in [0.1, 0.15) is 6.23 Å². The van der Waals surface area contributed by atoms with Gasteiger partial charge in [0, 0.05) is 29.6 Å². The van der Waals surface area contributed by atoms with Gasteiger partial charge >= 0.3 is 29.2 Å². The fourth-order valence-electron chi connectivity index (χ4n) is 2.48. The number of aliphatic hydroxyl groups excluding tert-OH is 1. The van der Waals surface area contributed by atoms with Crippen molar-refractivity contribution in [3.8, 4) is 0 Å². The van der Waals surface area contributed by atoms with Gasteiger partial charge in [0.15, 0.2) is 0 Å². The van der Waals surface area contributed by atoms with Crippen LogP contribution in [0.4, 0.5) is 0 Å². The molecule has 1 aliphatic heterocycles. The molecule has 1 aromatic heterocycles. The van der Waals surface area contributed by atoms with E-state index in [9.17, 15) is 14.7 Å². The second-order valence-corrected chi connectivity index (χ2v) is 9.49. The zero-order valence-electron chi connectivity index (χ0n) is 18.4. The molecule has 0 bridgehead atoms. The third-order valence-electron chi connectivity index (χ3n) is 3.58. The molecular formula is C12H26N5O16P3. The Hall–Kier alpha value is -1.76. The Morgan fingerprint density at radius 3 is 1.78 bits per heavy atom. The lowest BCUT2D eigenvalue weighted by molar-refractivity contribution is -0.0277. The molecule has 1 fully saturated rings. The number of phosphoric acid groups is 3. The molecular weight excluding hydrogens is 563 g/mol. The third-order valence-corrected chi connectivity index (χ3v) is 3.58. The Morgan fingerprint density at radius 1 is 1.03 bits per heavy atom. The number of aryl methyl sites for hydroxylation is 1. The molecule has 210 valence electrons. The molecule has 0 aliphatic carbocycles. The van der Waals surface area contributed by atoms with Crippen LogP contribution in [0, 0.1) is 6.92 Å². The molecule has 36 heavy (non-hydrogen) atoms. The van der Waals surface area contributed by atoms with Crippen LogP contribution >= 0.6 is 23.5 Å². The second kappa shape index (κ2) is 15.5. The summed E-state index contributed by atoms with van der Waals surface area (Å²) in [6.45, 7) is 3.28. The second-order valence-electron chi connectivity index (χ2n) is 6.41. The average Bonchev–Trinajstić information content (AvgIpc) is 3.04. The van der Waals surface area contributed by atoms with E-state index in [0.717, 1.165) is 4.57 Å². The Balaban J connectivity index is 0. The topological polar surface area (TPSA) is 356 Å². The number of nitrogens with zero attached hydrogens (tertiary/aromatic N) is 5. The van der Waals surface area contributed by atoms with E-state index < -0.39 is 47.5 Å². The number of rotatable bonds is 4. The lowest BCUT2D eigenvalue weighted by atomic mass is 10.1. The van der Waals surface area contributed by atoms with Gasteiger partial charge in [-0.05, 0) is 19.4 Å². The maximum atomic E-state index is 12.3. The van der Waals surface area contributed by atoms with E-state index in [1.165, 1.54) is 10.8 Å². The predicted molar refractivity (Wildman–Crippen MR) is 117 cm³/mol. The van der Waals surface area contributed by atoms with Crippen molar-refractivity contribution in [2.45, 2.75) is 45.2 Å². The minimum Gasteiger partial charge on any atom is -0.394 e. The summed E-state index contributed by atoms with van der Waals surface area (Å²) in [4.78, 5) is 91.6. The van der Waals surface area contributed by atoms with Gasteiger partial charge in [0.25, 0.3) is 5.56 Å². The lowest BCUT2D eigenvalue weighted by Crippen LogP contribution is -2.41. The summed E-state index contributed by atoms with van der Waals surface area (Å²) >= 11 is 0. The maximum absolute atomic E-state index is 12.3. The van der Waals surface area contributed by atoms with E-state index in [-0.39, 0.29) is 25.1 Å². The summed E-state index contributed by atoms with van der Waals surface area (Å²) in [5, 5.41) is 12.8. The standard InChI is InChI=1S/C12H17N5O4.3H3O4P/c1-3-16-11(19)7(2)5-17(12(16)20)10-4-8(14-15-13)9(6-18)21-10;3*1-5(2,3)4/h5,8-10,18H,3-4,6H2,1-2H3;3*(H3,1,2,3,4)/t8?,9-,10-;;;/m1.../s1. The minimum absolute atomic E-state index is 0.259. The molecule has 0 radical (unpaired) electrons. The first kappa shape index (κ1) is 36.4. The van der Waals surface area contributed by atoms with Crippen molar-refractivity contribution in [2.24, 2.45) is 5.11 Å². The molecule has 3 atom stereocenters. The Morgan fingerprint density at radius 2 is 1.44 bits per heavy atom. The SMILES string of the molecule is CCn1c(=O)c(C)cn([C@H]2CC(N=[N+]=[N-])[C@@H](CO)O2)c1=O.O=P(O)(O)O.O=P(O)(O)O.O=P(O)(O)O. The first-order valence-corrected chi connectivity index (χ1v) is 13.7. The number of aromatic nitrogens is 2. The van der Waals surface area contributed by atoms with Crippen molar-refractivity contribution >= 4 is 23.5 Å². The van der Waals surface area contributed by atoms with Crippen LogP contribution in [-0.4, -0.2) is 77.0 Å². The van der Waals surface area contributed by atoms with Crippen molar-refractivity contribution in [3.05, 3.63) is 43.0 Å². The van der Waals surface area contributed by atoms with Crippen LogP contribution in [0.3, 0.4) is 0 Å². The monoisotopic (exact) mass is 589 g/mol. The summed E-state index contributed by atoms with van der Waals surface area (Å²) < 4.78 is 34.6. The summed E-state index contributed by atoms with van der Waals surface area (Å²) in [5.41, 5.74) is 8.14. The van der Waals surface area contributed by atoms with Crippen LogP contribution in [0.1, 0.15) is 25.1 Å². The third kappa shape index (κ3) is 18.5. The first-order valence-electron chi connectivity index (χ1n) is 9.01. The van der Waals surface area contributed by atoms with E-state index in [4.69, 9.17) is 68.0 Å². The van der Waals surface area contributed by atoms with Crippen LogP contribution in [-0.2, 0) is 25.0 Å². The average molecular weight is 589 g/mol. The summed E-state index contributed by atoms with van der Waals surface area (Å²) in [6.07, 6.45) is 0.396. The van der Waals surface area contributed by atoms with E-state index >= 15 is 0 Å². The fourth-order valence-corrected chi connectivity index (χ4v) is 2.48. The molecule has 2 rings (SSSR count). The van der Waals surface area contributed by atoms with Gasteiger partial charge < -0.3 is 53.9 Å². The predicted octanol–water partition coefficient (Wildman–Crippen LogP) is -2.49. The van der Waals surface area contributed by atoms with Gasteiger partial charge in [-0.25, -0.2) is 18.5 Å². The van der Waals surface area contributed by atoms with Gasteiger partial charge in [0.2, 0.25) is 0 Å². The van der Waals surface area contributed by atoms with Gasteiger partial charge in [-0.2, -0.15) is 0 Å². The Labute approximate surface area is 200 Å². The largest absolute Gasteiger partial charge is 0.466 e.